The number of ether oxygens (including phenoxy) is 1. The molecule has 2 heterocycles. The van der Waals surface area contributed by atoms with Gasteiger partial charge in [-0.25, -0.2) is 0 Å². The maximum absolute atomic E-state index is 12.8. The molecule has 0 radical (unpaired) electrons. The van der Waals surface area contributed by atoms with E-state index in [9.17, 15) is 9.59 Å². The van der Waals surface area contributed by atoms with Gasteiger partial charge in [0.05, 0.1) is 13.2 Å². The summed E-state index contributed by atoms with van der Waals surface area (Å²) < 4.78 is 5.21. The maximum atomic E-state index is 12.8. The lowest BCUT2D eigenvalue weighted by Gasteiger charge is -2.34. The monoisotopic (exact) mass is 433 g/mol. The molecule has 1 aromatic heterocycles. The van der Waals surface area contributed by atoms with Crippen LogP contribution in [0.15, 0.2) is 24.5 Å². The number of likely N-dealkylation sites (N-methyl/N-ethyl adjacent to an activating group) is 1. The molecule has 2 amide bonds. The van der Waals surface area contributed by atoms with E-state index < -0.39 is 0 Å². The number of carbonyl (C=O) groups is 2. The third-order valence-electron chi connectivity index (χ3n) is 5.81. The lowest BCUT2D eigenvalue weighted by Crippen LogP contribution is -2.49. The van der Waals surface area contributed by atoms with Crippen LogP contribution in [-0.2, 0) is 20.9 Å². The van der Waals surface area contributed by atoms with Gasteiger partial charge in [0.15, 0.2) is 0 Å². The van der Waals surface area contributed by atoms with E-state index in [0.29, 0.717) is 32.3 Å². The summed E-state index contributed by atoms with van der Waals surface area (Å²) in [6.07, 6.45) is 3.50. The molecule has 1 aliphatic rings. The predicted molar refractivity (Wildman–Crippen MR) is 122 cm³/mol. The van der Waals surface area contributed by atoms with Gasteiger partial charge < -0.3 is 14.5 Å². The molecular formula is C23H39N5O3. The van der Waals surface area contributed by atoms with E-state index in [1.807, 2.05) is 24.1 Å². The first-order valence-corrected chi connectivity index (χ1v) is 11.2. The second-order valence-electron chi connectivity index (χ2n) is 8.73. The number of pyridine rings is 1. The standard InChI is InChI=1S/C23H39N5O3/c1-19(2)26(10-12-27-14-15-31-18-23(27)30)11-13-28(20(3)4)17-22(29)25(5)16-21-6-8-24-9-7-21/h6-9,19-20H,10-18H2,1-5H3. The van der Waals surface area contributed by atoms with Crippen molar-refractivity contribution < 1.29 is 14.3 Å². The fraction of sp³-hybridized carbons (Fsp3) is 0.696. The van der Waals surface area contributed by atoms with Gasteiger partial charge in [-0.2, -0.15) is 0 Å². The van der Waals surface area contributed by atoms with Crippen molar-refractivity contribution >= 4 is 11.8 Å². The fourth-order valence-corrected chi connectivity index (χ4v) is 3.59. The summed E-state index contributed by atoms with van der Waals surface area (Å²) in [6, 6.07) is 4.51. The van der Waals surface area contributed by atoms with Crippen LogP contribution in [0.25, 0.3) is 0 Å². The number of aromatic nitrogens is 1. The van der Waals surface area contributed by atoms with Crippen molar-refractivity contribution in [2.75, 3.05) is 59.5 Å². The van der Waals surface area contributed by atoms with Gasteiger partial charge in [0.2, 0.25) is 11.8 Å². The highest BCUT2D eigenvalue weighted by atomic mass is 16.5. The molecular weight excluding hydrogens is 394 g/mol. The molecule has 0 atom stereocenters. The zero-order valence-corrected chi connectivity index (χ0v) is 19.8. The predicted octanol–water partition coefficient (Wildman–Crippen LogP) is 1.32. The molecule has 1 aromatic rings. The van der Waals surface area contributed by atoms with Crippen LogP contribution < -0.4 is 0 Å². The summed E-state index contributed by atoms with van der Waals surface area (Å²) in [5.41, 5.74) is 1.07. The molecule has 1 saturated heterocycles. The van der Waals surface area contributed by atoms with Gasteiger partial charge in [0.25, 0.3) is 0 Å². The molecule has 1 aliphatic heterocycles. The summed E-state index contributed by atoms with van der Waals surface area (Å²) in [7, 11) is 1.85. The molecule has 8 nitrogen and oxygen atoms in total. The van der Waals surface area contributed by atoms with E-state index in [1.165, 1.54) is 0 Å². The Hall–Kier alpha value is -2.03. The summed E-state index contributed by atoms with van der Waals surface area (Å²) in [5, 5.41) is 0. The Bertz CT molecular complexity index is 683. The molecule has 174 valence electrons. The van der Waals surface area contributed by atoms with Gasteiger partial charge in [0.1, 0.15) is 6.61 Å². The van der Waals surface area contributed by atoms with Gasteiger partial charge >= 0.3 is 0 Å². The van der Waals surface area contributed by atoms with Gasteiger partial charge in [-0.15, -0.1) is 0 Å². The van der Waals surface area contributed by atoms with Gasteiger partial charge in [-0.05, 0) is 45.4 Å². The van der Waals surface area contributed by atoms with E-state index in [0.717, 1.165) is 31.7 Å². The fourth-order valence-electron chi connectivity index (χ4n) is 3.59. The number of amides is 2. The molecule has 0 bridgehead atoms. The first kappa shape index (κ1) is 25.2. The Balaban J connectivity index is 1.85. The maximum Gasteiger partial charge on any atom is 0.248 e. The number of carbonyl (C=O) groups excluding carboxylic acids is 2. The lowest BCUT2D eigenvalue weighted by atomic mass is 10.2. The van der Waals surface area contributed by atoms with Crippen molar-refractivity contribution in [2.24, 2.45) is 0 Å². The molecule has 8 heteroatoms. The van der Waals surface area contributed by atoms with Crippen molar-refractivity contribution in [1.82, 2.24) is 24.6 Å². The molecule has 0 N–H and O–H groups in total. The SMILES string of the molecule is CC(C)N(CCN1CCOCC1=O)CCN(CC(=O)N(C)Cc1ccncc1)C(C)C. The van der Waals surface area contributed by atoms with Crippen LogP contribution in [0, 0.1) is 0 Å². The molecule has 31 heavy (non-hydrogen) atoms. The Kier molecular flexibility index (Phi) is 10.4. The number of hydrogen-bond acceptors (Lipinski definition) is 6. The van der Waals surface area contributed by atoms with Gasteiger partial charge in [0, 0.05) is 70.8 Å². The first-order valence-electron chi connectivity index (χ1n) is 11.2. The van der Waals surface area contributed by atoms with Crippen molar-refractivity contribution in [3.05, 3.63) is 30.1 Å². The topological polar surface area (TPSA) is 69.2 Å². The molecule has 0 unspecified atom stereocenters. The van der Waals surface area contributed by atoms with Crippen LogP contribution >= 0.6 is 0 Å². The lowest BCUT2D eigenvalue weighted by molar-refractivity contribution is -0.143. The van der Waals surface area contributed by atoms with Crippen LogP contribution in [0.4, 0.5) is 0 Å². The number of rotatable bonds is 12. The Morgan fingerprint density at radius 1 is 1.10 bits per heavy atom. The highest BCUT2D eigenvalue weighted by molar-refractivity contribution is 5.78. The Morgan fingerprint density at radius 3 is 2.35 bits per heavy atom. The van der Waals surface area contributed by atoms with Crippen LogP contribution in [0.1, 0.15) is 33.3 Å². The van der Waals surface area contributed by atoms with E-state index in [2.05, 4.69) is 42.5 Å². The molecule has 1 fully saturated rings. The second kappa shape index (κ2) is 12.7. The number of hydrogen-bond donors (Lipinski definition) is 0. The van der Waals surface area contributed by atoms with Crippen LogP contribution in [0.2, 0.25) is 0 Å². The zero-order valence-electron chi connectivity index (χ0n) is 19.8. The highest BCUT2D eigenvalue weighted by Gasteiger charge is 2.22. The minimum atomic E-state index is 0.0709. The highest BCUT2D eigenvalue weighted by Crippen LogP contribution is 2.07. The number of morpholine rings is 1. The Labute approximate surface area is 187 Å². The molecule has 0 aliphatic carbocycles. The zero-order chi connectivity index (χ0) is 22.8. The van der Waals surface area contributed by atoms with E-state index in [1.54, 1.807) is 17.3 Å². The average molecular weight is 434 g/mol. The minimum absolute atomic E-state index is 0.0709. The average Bonchev–Trinajstić information content (AvgIpc) is 2.74. The van der Waals surface area contributed by atoms with Crippen molar-refractivity contribution in [3.8, 4) is 0 Å². The molecule has 0 spiro atoms. The second-order valence-corrected chi connectivity index (χ2v) is 8.73. The quantitative estimate of drug-likeness (QED) is 0.495. The molecule has 0 aromatic carbocycles. The number of nitrogens with zero attached hydrogens (tertiary/aromatic N) is 5. The first-order chi connectivity index (χ1) is 14.8. The van der Waals surface area contributed by atoms with Gasteiger partial charge in [-0.1, -0.05) is 0 Å². The van der Waals surface area contributed by atoms with Crippen molar-refractivity contribution in [3.63, 3.8) is 0 Å². The molecule has 2 rings (SSSR count). The summed E-state index contributed by atoms with van der Waals surface area (Å²) in [5.74, 6) is 0.183. The third kappa shape index (κ3) is 8.55. The minimum Gasteiger partial charge on any atom is -0.370 e. The van der Waals surface area contributed by atoms with Crippen molar-refractivity contribution in [1.29, 1.82) is 0 Å². The summed E-state index contributed by atoms with van der Waals surface area (Å²) in [6.45, 7) is 14.3. The van der Waals surface area contributed by atoms with Gasteiger partial charge in [-0.3, -0.25) is 24.4 Å². The van der Waals surface area contributed by atoms with E-state index in [-0.39, 0.29) is 24.5 Å². The largest absolute Gasteiger partial charge is 0.370 e. The Morgan fingerprint density at radius 2 is 1.74 bits per heavy atom. The van der Waals surface area contributed by atoms with Crippen LogP contribution in [-0.4, -0.2) is 108 Å². The summed E-state index contributed by atoms with van der Waals surface area (Å²) >= 11 is 0. The van der Waals surface area contributed by atoms with E-state index >= 15 is 0 Å². The smallest absolute Gasteiger partial charge is 0.248 e. The van der Waals surface area contributed by atoms with E-state index in [4.69, 9.17) is 4.74 Å². The third-order valence-corrected chi connectivity index (χ3v) is 5.81. The van der Waals surface area contributed by atoms with Crippen LogP contribution in [0.5, 0.6) is 0 Å². The normalized spacial score (nSPS) is 14.9. The van der Waals surface area contributed by atoms with Crippen molar-refractivity contribution in [2.45, 2.75) is 46.3 Å². The van der Waals surface area contributed by atoms with Crippen LogP contribution in [0.3, 0.4) is 0 Å². The summed E-state index contributed by atoms with van der Waals surface area (Å²) in [4.78, 5) is 37.1. The molecule has 0 saturated carbocycles.